The molecule has 1 N–H and O–H groups in total. The Morgan fingerprint density at radius 1 is 1.12 bits per heavy atom. The second-order valence-electron chi connectivity index (χ2n) is 5.78. The van der Waals surface area contributed by atoms with Crippen molar-refractivity contribution in [2.75, 3.05) is 5.32 Å². The number of aryl methyl sites for hydroxylation is 2. The molecule has 0 aromatic heterocycles. The summed E-state index contributed by atoms with van der Waals surface area (Å²) in [7, 11) is 0. The lowest BCUT2D eigenvalue weighted by Crippen LogP contribution is -2.24. The van der Waals surface area contributed by atoms with Gasteiger partial charge in [0.1, 0.15) is 0 Å². The topological polar surface area (TPSA) is 12.0 Å². The van der Waals surface area contributed by atoms with Crippen LogP contribution in [0.5, 0.6) is 0 Å². The maximum atomic E-state index is 3.82. The zero-order valence-corrected chi connectivity index (χ0v) is 12.2. The zero-order chi connectivity index (χ0) is 12.0. The monoisotopic (exact) mass is 293 g/mol. The highest BCUT2D eigenvalue weighted by Crippen LogP contribution is 2.46. The van der Waals surface area contributed by atoms with Gasteiger partial charge in [-0.05, 0) is 84.5 Å². The summed E-state index contributed by atoms with van der Waals surface area (Å²) in [5.74, 6) is 1.88. The molecule has 0 aliphatic heterocycles. The molecule has 1 aromatic rings. The SMILES string of the molecule is Cc1cc(C)c(NC(C2CC2)C2CC2)c(Br)c1. The van der Waals surface area contributed by atoms with Crippen molar-refractivity contribution in [1.82, 2.24) is 0 Å². The number of benzene rings is 1. The predicted molar refractivity (Wildman–Crippen MR) is 76.5 cm³/mol. The van der Waals surface area contributed by atoms with Crippen LogP contribution in [0.2, 0.25) is 0 Å². The third kappa shape index (κ3) is 2.52. The van der Waals surface area contributed by atoms with E-state index in [-0.39, 0.29) is 0 Å². The first-order valence-electron chi connectivity index (χ1n) is 6.68. The fourth-order valence-corrected chi connectivity index (χ4v) is 3.58. The van der Waals surface area contributed by atoms with Crippen LogP contribution in [0, 0.1) is 25.7 Å². The van der Waals surface area contributed by atoms with Gasteiger partial charge in [0.05, 0.1) is 5.69 Å². The molecular weight excluding hydrogens is 274 g/mol. The summed E-state index contributed by atoms with van der Waals surface area (Å²) in [5, 5.41) is 3.82. The summed E-state index contributed by atoms with van der Waals surface area (Å²) in [6, 6.07) is 5.21. The van der Waals surface area contributed by atoms with E-state index < -0.39 is 0 Å². The highest BCUT2D eigenvalue weighted by Gasteiger charge is 2.41. The number of rotatable bonds is 4. The van der Waals surface area contributed by atoms with Gasteiger partial charge in [0.2, 0.25) is 0 Å². The van der Waals surface area contributed by atoms with E-state index >= 15 is 0 Å². The van der Waals surface area contributed by atoms with Gasteiger partial charge >= 0.3 is 0 Å². The van der Waals surface area contributed by atoms with Gasteiger partial charge in [-0.3, -0.25) is 0 Å². The number of hydrogen-bond donors (Lipinski definition) is 1. The maximum Gasteiger partial charge on any atom is 0.0516 e. The van der Waals surface area contributed by atoms with Crippen molar-refractivity contribution >= 4 is 21.6 Å². The Balaban J connectivity index is 1.83. The summed E-state index contributed by atoms with van der Waals surface area (Å²) in [6.07, 6.45) is 5.71. The van der Waals surface area contributed by atoms with Crippen LogP contribution in [-0.4, -0.2) is 6.04 Å². The standard InChI is InChI=1S/C15H20BrN/c1-9-7-10(2)14(13(16)8-9)17-15(11-3-4-11)12-5-6-12/h7-8,11-12,15,17H,3-6H2,1-2H3. The third-order valence-corrected chi connectivity index (χ3v) is 4.63. The van der Waals surface area contributed by atoms with E-state index in [1.807, 2.05) is 0 Å². The molecule has 3 rings (SSSR count). The molecule has 0 spiro atoms. The minimum atomic E-state index is 0.729. The summed E-state index contributed by atoms with van der Waals surface area (Å²) < 4.78 is 1.22. The maximum absolute atomic E-state index is 3.82. The molecule has 2 heteroatoms. The highest BCUT2D eigenvalue weighted by molar-refractivity contribution is 9.10. The Bertz CT molecular complexity index is 398. The molecule has 0 bridgehead atoms. The van der Waals surface area contributed by atoms with Crippen LogP contribution >= 0.6 is 15.9 Å². The van der Waals surface area contributed by atoms with E-state index in [1.54, 1.807) is 0 Å². The lowest BCUT2D eigenvalue weighted by Gasteiger charge is -2.22. The molecule has 2 aliphatic carbocycles. The molecule has 0 amide bonds. The number of hydrogen-bond acceptors (Lipinski definition) is 1. The van der Waals surface area contributed by atoms with Crippen LogP contribution in [-0.2, 0) is 0 Å². The molecular formula is C15H20BrN. The van der Waals surface area contributed by atoms with E-state index in [0.29, 0.717) is 0 Å². The molecule has 0 unspecified atom stereocenters. The van der Waals surface area contributed by atoms with Gasteiger partial charge in [0.25, 0.3) is 0 Å². The minimum absolute atomic E-state index is 0.729. The van der Waals surface area contributed by atoms with Crippen LogP contribution in [0.25, 0.3) is 0 Å². The van der Waals surface area contributed by atoms with E-state index in [4.69, 9.17) is 0 Å². The normalized spacial score (nSPS) is 19.8. The van der Waals surface area contributed by atoms with E-state index in [2.05, 4.69) is 47.2 Å². The lowest BCUT2D eigenvalue weighted by atomic mass is 10.0. The fraction of sp³-hybridized carbons (Fsp3) is 0.600. The molecule has 2 fully saturated rings. The molecule has 17 heavy (non-hydrogen) atoms. The Hall–Kier alpha value is -0.500. The van der Waals surface area contributed by atoms with E-state index in [9.17, 15) is 0 Å². The third-order valence-electron chi connectivity index (χ3n) is 4.00. The summed E-state index contributed by atoms with van der Waals surface area (Å²) >= 11 is 3.70. The van der Waals surface area contributed by atoms with Crippen LogP contribution < -0.4 is 5.32 Å². The molecule has 2 saturated carbocycles. The van der Waals surface area contributed by atoms with Gasteiger partial charge in [-0.2, -0.15) is 0 Å². The first-order chi connectivity index (χ1) is 8.15. The number of nitrogens with one attached hydrogen (secondary N) is 1. The van der Waals surface area contributed by atoms with Gasteiger partial charge in [-0.25, -0.2) is 0 Å². The van der Waals surface area contributed by atoms with Gasteiger partial charge < -0.3 is 5.32 Å². The van der Waals surface area contributed by atoms with Crippen LogP contribution in [0.3, 0.4) is 0 Å². The smallest absolute Gasteiger partial charge is 0.0516 e. The summed E-state index contributed by atoms with van der Waals surface area (Å²) in [6.45, 7) is 4.36. The van der Waals surface area contributed by atoms with Gasteiger partial charge in [0, 0.05) is 10.5 Å². The van der Waals surface area contributed by atoms with Crippen LogP contribution in [0.4, 0.5) is 5.69 Å². The van der Waals surface area contributed by atoms with Crippen molar-refractivity contribution in [2.45, 2.75) is 45.6 Å². The molecule has 2 aliphatic rings. The quantitative estimate of drug-likeness (QED) is 0.851. The van der Waals surface area contributed by atoms with Crippen molar-refractivity contribution < 1.29 is 0 Å². The number of halogens is 1. The van der Waals surface area contributed by atoms with Crippen molar-refractivity contribution in [3.05, 3.63) is 27.7 Å². The molecule has 0 radical (unpaired) electrons. The molecule has 0 atom stereocenters. The summed E-state index contributed by atoms with van der Waals surface area (Å²) in [5.41, 5.74) is 4.01. The van der Waals surface area contributed by atoms with E-state index in [0.717, 1.165) is 17.9 Å². The van der Waals surface area contributed by atoms with Crippen LogP contribution in [0.15, 0.2) is 16.6 Å². The van der Waals surface area contributed by atoms with Crippen molar-refractivity contribution in [1.29, 1.82) is 0 Å². The molecule has 1 nitrogen and oxygen atoms in total. The van der Waals surface area contributed by atoms with Crippen molar-refractivity contribution in [2.24, 2.45) is 11.8 Å². The number of anilines is 1. The van der Waals surface area contributed by atoms with E-state index in [1.165, 1.54) is 47.0 Å². The fourth-order valence-electron chi connectivity index (χ4n) is 2.80. The first-order valence-corrected chi connectivity index (χ1v) is 7.48. The first kappa shape index (κ1) is 11.6. The Morgan fingerprint density at radius 2 is 1.71 bits per heavy atom. The van der Waals surface area contributed by atoms with Gasteiger partial charge in [0.15, 0.2) is 0 Å². The largest absolute Gasteiger partial charge is 0.381 e. The summed E-state index contributed by atoms with van der Waals surface area (Å²) in [4.78, 5) is 0. The predicted octanol–water partition coefficient (Wildman–Crippen LogP) is 4.67. The second-order valence-corrected chi connectivity index (χ2v) is 6.64. The molecule has 0 heterocycles. The average molecular weight is 294 g/mol. The van der Waals surface area contributed by atoms with Crippen LogP contribution in [0.1, 0.15) is 36.8 Å². The second kappa shape index (κ2) is 4.31. The molecule has 1 aromatic carbocycles. The Morgan fingerprint density at radius 3 is 2.18 bits per heavy atom. The Labute approximate surface area is 112 Å². The van der Waals surface area contributed by atoms with Gasteiger partial charge in [-0.1, -0.05) is 6.07 Å². The van der Waals surface area contributed by atoms with Gasteiger partial charge in [-0.15, -0.1) is 0 Å². The highest BCUT2D eigenvalue weighted by atomic mass is 79.9. The molecule has 92 valence electrons. The van der Waals surface area contributed by atoms with Crippen molar-refractivity contribution in [3.8, 4) is 0 Å². The Kier molecular flexibility index (Phi) is 2.94. The zero-order valence-electron chi connectivity index (χ0n) is 10.6. The average Bonchev–Trinajstić information content (AvgIpc) is 3.12. The minimum Gasteiger partial charge on any atom is -0.381 e. The molecule has 0 saturated heterocycles. The van der Waals surface area contributed by atoms with Crippen molar-refractivity contribution in [3.63, 3.8) is 0 Å². The lowest BCUT2D eigenvalue weighted by molar-refractivity contribution is 0.567.